The van der Waals surface area contributed by atoms with Crippen molar-refractivity contribution in [2.75, 3.05) is 0 Å². The van der Waals surface area contributed by atoms with Crippen LogP contribution in [0, 0.1) is 11.6 Å². The number of amides is 1. The van der Waals surface area contributed by atoms with E-state index in [1.807, 2.05) is 0 Å². The third kappa shape index (κ3) is 4.17. The maximum Gasteiger partial charge on any atom is 0.333 e. The minimum absolute atomic E-state index is 0.119. The predicted molar refractivity (Wildman–Crippen MR) is 122 cm³/mol. The summed E-state index contributed by atoms with van der Waals surface area (Å²) >= 11 is 5.89. The van der Waals surface area contributed by atoms with Gasteiger partial charge in [-0.2, -0.15) is 0 Å². The zero-order valence-electron chi connectivity index (χ0n) is 17.8. The Morgan fingerprint density at radius 3 is 2.32 bits per heavy atom. The molecule has 2 N–H and O–H groups in total. The average Bonchev–Trinajstić information content (AvgIpc) is 3.05. The van der Waals surface area contributed by atoms with Crippen LogP contribution >= 0.6 is 11.6 Å². The lowest BCUT2D eigenvalue weighted by Gasteiger charge is -2.16. The van der Waals surface area contributed by atoms with E-state index in [0.29, 0.717) is 16.8 Å². The number of carboxylic acid groups (broad SMARTS) is 1. The molecule has 0 saturated carbocycles. The molecule has 0 bridgehead atoms. The fourth-order valence-electron chi connectivity index (χ4n) is 3.75. The lowest BCUT2D eigenvalue weighted by Crippen LogP contribution is -2.42. The number of aromatic nitrogens is 2. The largest absolute Gasteiger partial charge is 0.480 e. The van der Waals surface area contributed by atoms with Crippen molar-refractivity contribution < 1.29 is 23.5 Å². The highest BCUT2D eigenvalue weighted by atomic mass is 35.5. The molecule has 0 unspecified atom stereocenters. The van der Waals surface area contributed by atoms with Crippen LogP contribution in [0.2, 0.25) is 5.02 Å². The van der Waals surface area contributed by atoms with Gasteiger partial charge < -0.3 is 10.4 Å². The quantitative estimate of drug-likeness (QED) is 0.435. The number of aliphatic carboxylic acids is 1. The summed E-state index contributed by atoms with van der Waals surface area (Å²) in [5.74, 6) is -3.70. The van der Waals surface area contributed by atoms with E-state index in [0.717, 1.165) is 6.07 Å². The molecule has 1 heterocycles. The van der Waals surface area contributed by atoms with Crippen LogP contribution in [-0.2, 0) is 18.3 Å². The second-order valence-corrected chi connectivity index (χ2v) is 8.02. The number of para-hydroxylation sites is 1. The molecule has 1 aromatic heterocycles. The fourth-order valence-corrected chi connectivity index (χ4v) is 4.00. The molecule has 0 radical (unpaired) electrons. The van der Waals surface area contributed by atoms with E-state index >= 15 is 0 Å². The number of carbonyl (C=O) groups excluding carboxylic acids is 1. The standard InChI is InChI=1S/C24H18ClF2N3O4/c1-29-19-7-3-6-17(27)21(19)30(24(29)34)14-10-8-13(9-11-14)12-18(23(32)33)28-22(31)20-15(25)4-2-5-16(20)26/h2-11,18H,12H2,1H3,(H,28,31)(H,32,33)/t18-/m0/s1. The topological polar surface area (TPSA) is 93.3 Å². The highest BCUT2D eigenvalue weighted by Gasteiger charge is 2.24. The lowest BCUT2D eigenvalue weighted by molar-refractivity contribution is -0.139. The first-order valence-corrected chi connectivity index (χ1v) is 10.5. The maximum absolute atomic E-state index is 14.5. The number of nitrogens with one attached hydrogen (secondary N) is 1. The first kappa shape index (κ1) is 23.2. The van der Waals surface area contributed by atoms with Gasteiger partial charge in [0.25, 0.3) is 5.91 Å². The number of imidazole rings is 1. The van der Waals surface area contributed by atoms with E-state index in [9.17, 15) is 28.3 Å². The Labute approximate surface area is 196 Å². The van der Waals surface area contributed by atoms with Gasteiger partial charge in [-0.25, -0.2) is 18.4 Å². The molecule has 4 aromatic rings. The molecule has 174 valence electrons. The lowest BCUT2D eigenvalue weighted by atomic mass is 10.0. The number of hydrogen-bond acceptors (Lipinski definition) is 3. The van der Waals surface area contributed by atoms with Gasteiger partial charge in [0.05, 0.1) is 21.8 Å². The predicted octanol–water partition coefficient (Wildman–Crippen LogP) is 3.69. The molecule has 0 aliphatic rings. The summed E-state index contributed by atoms with van der Waals surface area (Å²) in [4.78, 5) is 36.9. The fraction of sp³-hybridized carbons (Fsp3) is 0.125. The molecule has 0 aliphatic carbocycles. The molecular weight excluding hydrogens is 468 g/mol. The number of hydrogen-bond donors (Lipinski definition) is 2. The molecule has 0 saturated heterocycles. The molecule has 34 heavy (non-hydrogen) atoms. The number of rotatable bonds is 6. The minimum Gasteiger partial charge on any atom is -0.480 e. The molecule has 1 amide bonds. The van der Waals surface area contributed by atoms with Crippen LogP contribution < -0.4 is 11.0 Å². The van der Waals surface area contributed by atoms with Crippen molar-refractivity contribution >= 4 is 34.5 Å². The van der Waals surface area contributed by atoms with Gasteiger partial charge in [0.2, 0.25) is 0 Å². The molecule has 0 aliphatic heterocycles. The highest BCUT2D eigenvalue weighted by Crippen LogP contribution is 2.22. The third-order valence-corrected chi connectivity index (χ3v) is 5.77. The molecule has 10 heteroatoms. The number of halogens is 3. The van der Waals surface area contributed by atoms with Crippen LogP contribution in [0.15, 0.2) is 65.5 Å². The Kier molecular flexibility index (Phi) is 6.21. The molecular formula is C24H18ClF2N3O4. The number of fused-ring (bicyclic) bond motifs is 1. The second kappa shape index (κ2) is 9.11. The summed E-state index contributed by atoms with van der Waals surface area (Å²) in [6.07, 6.45) is -0.119. The van der Waals surface area contributed by atoms with Crippen molar-refractivity contribution in [2.24, 2.45) is 7.05 Å². The number of carbonyl (C=O) groups is 2. The van der Waals surface area contributed by atoms with Gasteiger partial charge in [-0.1, -0.05) is 35.9 Å². The number of benzene rings is 3. The normalized spacial score (nSPS) is 12.0. The second-order valence-electron chi connectivity index (χ2n) is 7.62. The summed E-state index contributed by atoms with van der Waals surface area (Å²) in [7, 11) is 1.54. The first-order chi connectivity index (χ1) is 16.2. The van der Waals surface area contributed by atoms with Gasteiger partial charge in [0.15, 0.2) is 0 Å². The zero-order valence-corrected chi connectivity index (χ0v) is 18.5. The summed E-state index contributed by atoms with van der Waals surface area (Å²) < 4.78 is 31.0. The van der Waals surface area contributed by atoms with Crippen LogP contribution in [0.4, 0.5) is 8.78 Å². The number of nitrogens with zero attached hydrogens (tertiary/aromatic N) is 2. The Hall–Kier alpha value is -3.98. The van der Waals surface area contributed by atoms with Crippen molar-refractivity contribution in [3.63, 3.8) is 0 Å². The summed E-state index contributed by atoms with van der Waals surface area (Å²) in [6.45, 7) is 0. The molecule has 3 aromatic carbocycles. The number of aryl methyl sites for hydroxylation is 1. The minimum atomic E-state index is -1.37. The summed E-state index contributed by atoms with van der Waals surface area (Å²) in [6, 6.07) is 13.0. The van der Waals surface area contributed by atoms with Crippen molar-refractivity contribution in [1.29, 1.82) is 0 Å². The molecule has 1 atom stereocenters. The monoisotopic (exact) mass is 485 g/mol. The molecule has 4 rings (SSSR count). The maximum atomic E-state index is 14.5. The van der Waals surface area contributed by atoms with Crippen molar-refractivity contribution in [1.82, 2.24) is 14.5 Å². The Bertz CT molecular complexity index is 1460. The SMILES string of the molecule is Cn1c(=O)n(-c2ccc(C[C@H](NC(=O)c3c(F)cccc3Cl)C(=O)O)cc2)c2c(F)cccc21. The zero-order chi connectivity index (χ0) is 24.6. The summed E-state index contributed by atoms with van der Waals surface area (Å²) in [5.41, 5.74) is 0.575. The van der Waals surface area contributed by atoms with E-state index in [1.165, 1.54) is 40.4 Å². The van der Waals surface area contributed by atoms with Gasteiger partial charge in [0.1, 0.15) is 23.2 Å². The Balaban J connectivity index is 1.60. The molecule has 0 spiro atoms. The Morgan fingerprint density at radius 1 is 1.03 bits per heavy atom. The smallest absolute Gasteiger partial charge is 0.333 e. The van der Waals surface area contributed by atoms with Crippen LogP contribution in [0.3, 0.4) is 0 Å². The van der Waals surface area contributed by atoms with Crippen molar-refractivity contribution in [2.45, 2.75) is 12.5 Å². The van der Waals surface area contributed by atoms with Gasteiger partial charge in [0, 0.05) is 13.5 Å². The number of carboxylic acids is 1. The molecule has 0 fully saturated rings. The van der Waals surface area contributed by atoms with E-state index in [-0.39, 0.29) is 17.0 Å². The van der Waals surface area contributed by atoms with E-state index < -0.39 is 40.8 Å². The van der Waals surface area contributed by atoms with Crippen LogP contribution in [-0.4, -0.2) is 32.2 Å². The Morgan fingerprint density at radius 2 is 1.68 bits per heavy atom. The van der Waals surface area contributed by atoms with Crippen LogP contribution in [0.1, 0.15) is 15.9 Å². The van der Waals surface area contributed by atoms with Gasteiger partial charge in [-0.3, -0.25) is 13.9 Å². The van der Waals surface area contributed by atoms with Gasteiger partial charge >= 0.3 is 11.7 Å². The molecule has 7 nitrogen and oxygen atoms in total. The van der Waals surface area contributed by atoms with Crippen LogP contribution in [0.5, 0.6) is 0 Å². The van der Waals surface area contributed by atoms with E-state index in [4.69, 9.17) is 11.6 Å². The highest BCUT2D eigenvalue weighted by molar-refractivity contribution is 6.33. The van der Waals surface area contributed by atoms with E-state index in [2.05, 4.69) is 5.32 Å². The van der Waals surface area contributed by atoms with Crippen molar-refractivity contribution in [3.05, 3.63) is 98.9 Å². The van der Waals surface area contributed by atoms with Crippen molar-refractivity contribution in [3.8, 4) is 5.69 Å². The van der Waals surface area contributed by atoms with Crippen LogP contribution in [0.25, 0.3) is 16.7 Å². The average molecular weight is 486 g/mol. The first-order valence-electron chi connectivity index (χ1n) is 10.1. The third-order valence-electron chi connectivity index (χ3n) is 5.46. The van der Waals surface area contributed by atoms with E-state index in [1.54, 1.807) is 30.3 Å². The van der Waals surface area contributed by atoms with Gasteiger partial charge in [-0.15, -0.1) is 0 Å². The summed E-state index contributed by atoms with van der Waals surface area (Å²) in [5, 5.41) is 11.7. The van der Waals surface area contributed by atoms with Gasteiger partial charge in [-0.05, 0) is 42.0 Å².